The third kappa shape index (κ3) is 2.58. The van der Waals surface area contributed by atoms with Gasteiger partial charge in [0.25, 0.3) is 0 Å². The van der Waals surface area contributed by atoms with Crippen LogP contribution >= 0.6 is 23.1 Å². The van der Waals surface area contributed by atoms with Crippen molar-refractivity contribution in [2.45, 2.75) is 37.5 Å². The fourth-order valence-electron chi connectivity index (χ4n) is 1.85. The van der Waals surface area contributed by atoms with Crippen LogP contribution in [-0.2, 0) is 0 Å². The Hall–Kier alpha value is 0.0100. The highest BCUT2D eigenvalue weighted by Crippen LogP contribution is 2.46. The van der Waals surface area contributed by atoms with Crippen LogP contribution in [0.25, 0.3) is 0 Å². The van der Waals surface area contributed by atoms with E-state index in [4.69, 9.17) is 0 Å². The van der Waals surface area contributed by atoms with E-state index in [0.717, 1.165) is 6.54 Å². The lowest BCUT2D eigenvalue weighted by molar-refractivity contribution is 0.569. The first-order valence-electron chi connectivity index (χ1n) is 5.49. The first-order valence-corrected chi connectivity index (χ1v) is 7.60. The van der Waals surface area contributed by atoms with Crippen LogP contribution in [0, 0.1) is 6.92 Å². The van der Waals surface area contributed by atoms with Crippen LogP contribution in [0.1, 0.15) is 36.2 Å². The summed E-state index contributed by atoms with van der Waals surface area (Å²) in [5.41, 5.74) is 1.42. The van der Waals surface area contributed by atoms with Gasteiger partial charge in [-0.25, -0.2) is 0 Å². The minimum atomic E-state index is 0.509. The van der Waals surface area contributed by atoms with Gasteiger partial charge in [0.2, 0.25) is 0 Å². The van der Waals surface area contributed by atoms with Crippen molar-refractivity contribution in [3.63, 3.8) is 0 Å². The van der Waals surface area contributed by atoms with E-state index in [2.05, 4.69) is 36.9 Å². The molecular formula is C12H19NS2. The van der Waals surface area contributed by atoms with Crippen LogP contribution in [0.15, 0.2) is 11.4 Å². The van der Waals surface area contributed by atoms with Crippen LogP contribution < -0.4 is 5.32 Å². The molecule has 1 aromatic rings. The van der Waals surface area contributed by atoms with Gasteiger partial charge in [0.15, 0.2) is 0 Å². The van der Waals surface area contributed by atoms with Crippen molar-refractivity contribution in [1.29, 1.82) is 0 Å². The summed E-state index contributed by atoms with van der Waals surface area (Å²) in [5, 5.41) is 5.85. The maximum absolute atomic E-state index is 3.67. The molecule has 0 amide bonds. The Morgan fingerprint density at radius 3 is 2.80 bits per heavy atom. The lowest BCUT2D eigenvalue weighted by Gasteiger charge is -2.18. The molecule has 0 bridgehead atoms. The summed E-state index contributed by atoms with van der Waals surface area (Å²) < 4.78 is 0.569. The van der Waals surface area contributed by atoms with E-state index < -0.39 is 0 Å². The summed E-state index contributed by atoms with van der Waals surface area (Å²) in [6.45, 7) is 5.63. The zero-order chi connectivity index (χ0) is 10.9. The van der Waals surface area contributed by atoms with Crippen molar-refractivity contribution in [2.75, 3.05) is 12.8 Å². The average Bonchev–Trinajstić information content (AvgIpc) is 2.91. The molecule has 1 aromatic heterocycles. The number of aryl methyl sites for hydroxylation is 1. The Balaban J connectivity index is 1.88. The van der Waals surface area contributed by atoms with Crippen LogP contribution in [-0.4, -0.2) is 17.5 Å². The van der Waals surface area contributed by atoms with Crippen molar-refractivity contribution >= 4 is 23.1 Å². The second-order valence-electron chi connectivity index (χ2n) is 4.46. The quantitative estimate of drug-likeness (QED) is 0.845. The Morgan fingerprint density at radius 2 is 2.33 bits per heavy atom. The molecular weight excluding hydrogens is 222 g/mol. The van der Waals surface area contributed by atoms with Gasteiger partial charge in [0.1, 0.15) is 0 Å². The predicted octanol–water partition coefficient (Wildman–Crippen LogP) is 3.60. The molecule has 1 nitrogen and oxygen atoms in total. The van der Waals surface area contributed by atoms with Crippen LogP contribution in [0.5, 0.6) is 0 Å². The maximum Gasteiger partial charge on any atom is 0.0389 e. The summed E-state index contributed by atoms with van der Waals surface area (Å²) in [6, 6.07) is 2.72. The van der Waals surface area contributed by atoms with Crippen molar-refractivity contribution in [2.24, 2.45) is 0 Å². The first kappa shape index (κ1) is 11.5. The third-order valence-electron chi connectivity index (χ3n) is 3.27. The number of hydrogen-bond donors (Lipinski definition) is 1. The number of thiophene rings is 1. The largest absolute Gasteiger partial charge is 0.308 e. The van der Waals surface area contributed by atoms with E-state index in [-0.39, 0.29) is 0 Å². The monoisotopic (exact) mass is 241 g/mol. The second-order valence-corrected chi connectivity index (χ2v) is 6.68. The van der Waals surface area contributed by atoms with Crippen LogP contribution in [0.2, 0.25) is 0 Å². The Morgan fingerprint density at radius 1 is 1.60 bits per heavy atom. The van der Waals surface area contributed by atoms with Gasteiger partial charge in [-0.1, -0.05) is 0 Å². The lowest BCUT2D eigenvalue weighted by Crippen LogP contribution is -2.28. The molecule has 1 atom stereocenters. The SMILES string of the molecule is CSC1(CNC(C)c2sccc2C)CC1. The van der Waals surface area contributed by atoms with Gasteiger partial charge in [-0.05, 0) is 50.0 Å². The molecule has 3 heteroatoms. The van der Waals surface area contributed by atoms with Crippen LogP contribution in [0.4, 0.5) is 0 Å². The Labute approximate surface area is 101 Å². The molecule has 1 saturated carbocycles. The zero-order valence-electron chi connectivity index (χ0n) is 9.67. The summed E-state index contributed by atoms with van der Waals surface area (Å²) in [4.78, 5) is 1.49. The minimum absolute atomic E-state index is 0.509. The van der Waals surface area contributed by atoms with E-state index in [1.807, 2.05) is 23.1 Å². The van der Waals surface area contributed by atoms with E-state index in [9.17, 15) is 0 Å². The summed E-state index contributed by atoms with van der Waals surface area (Å²) in [5.74, 6) is 0. The number of nitrogens with one attached hydrogen (secondary N) is 1. The van der Waals surface area contributed by atoms with Crippen molar-refractivity contribution < 1.29 is 0 Å². The summed E-state index contributed by atoms with van der Waals surface area (Å²) >= 11 is 3.89. The molecule has 0 saturated heterocycles. The predicted molar refractivity (Wildman–Crippen MR) is 71.0 cm³/mol. The fraction of sp³-hybridized carbons (Fsp3) is 0.667. The maximum atomic E-state index is 3.67. The molecule has 0 spiro atoms. The average molecular weight is 241 g/mol. The number of rotatable bonds is 5. The highest BCUT2D eigenvalue weighted by Gasteiger charge is 2.41. The highest BCUT2D eigenvalue weighted by atomic mass is 32.2. The summed E-state index contributed by atoms with van der Waals surface area (Å²) in [7, 11) is 0. The standard InChI is InChI=1S/C12H19NS2/c1-9-4-7-15-11(9)10(2)13-8-12(14-3)5-6-12/h4,7,10,13H,5-6,8H2,1-3H3. The van der Waals surface area contributed by atoms with Gasteiger partial charge >= 0.3 is 0 Å². The lowest BCUT2D eigenvalue weighted by atomic mass is 10.2. The highest BCUT2D eigenvalue weighted by molar-refractivity contribution is 8.00. The molecule has 0 aromatic carbocycles. The first-order chi connectivity index (χ1) is 7.17. The van der Waals surface area contributed by atoms with Crippen molar-refractivity contribution in [3.8, 4) is 0 Å². The van der Waals surface area contributed by atoms with Crippen molar-refractivity contribution in [1.82, 2.24) is 5.32 Å². The number of thioether (sulfide) groups is 1. The molecule has 0 aliphatic heterocycles. The Bertz CT molecular complexity index is 328. The minimum Gasteiger partial charge on any atom is -0.308 e. The van der Waals surface area contributed by atoms with E-state index in [1.165, 1.54) is 23.3 Å². The summed E-state index contributed by atoms with van der Waals surface area (Å²) in [6.07, 6.45) is 5.00. The van der Waals surface area contributed by atoms with Gasteiger partial charge in [-0.15, -0.1) is 11.3 Å². The smallest absolute Gasteiger partial charge is 0.0389 e. The zero-order valence-corrected chi connectivity index (χ0v) is 11.3. The molecule has 1 aliphatic carbocycles. The fourth-order valence-corrected chi connectivity index (χ4v) is 3.55. The van der Waals surface area contributed by atoms with E-state index in [1.54, 1.807) is 0 Å². The van der Waals surface area contributed by atoms with Gasteiger partial charge in [-0.3, -0.25) is 0 Å². The normalized spacial score (nSPS) is 20.2. The van der Waals surface area contributed by atoms with Crippen LogP contribution in [0.3, 0.4) is 0 Å². The third-order valence-corrected chi connectivity index (χ3v) is 5.89. The molecule has 1 N–H and O–H groups in total. The molecule has 0 radical (unpaired) electrons. The van der Waals surface area contributed by atoms with Gasteiger partial charge in [0.05, 0.1) is 0 Å². The second kappa shape index (κ2) is 4.48. The molecule has 2 rings (SSSR count). The van der Waals surface area contributed by atoms with E-state index >= 15 is 0 Å². The molecule has 15 heavy (non-hydrogen) atoms. The topological polar surface area (TPSA) is 12.0 Å². The molecule has 1 aliphatic rings. The van der Waals surface area contributed by atoms with Gasteiger partial charge < -0.3 is 5.32 Å². The molecule has 1 fully saturated rings. The molecule has 84 valence electrons. The van der Waals surface area contributed by atoms with E-state index in [0.29, 0.717) is 10.8 Å². The number of hydrogen-bond acceptors (Lipinski definition) is 3. The Kier molecular flexibility index (Phi) is 3.43. The van der Waals surface area contributed by atoms with Gasteiger partial charge in [-0.2, -0.15) is 11.8 Å². The van der Waals surface area contributed by atoms with Crippen molar-refractivity contribution in [3.05, 3.63) is 21.9 Å². The molecule has 1 unspecified atom stereocenters. The van der Waals surface area contributed by atoms with Gasteiger partial charge in [0, 0.05) is 22.2 Å². The molecule has 1 heterocycles.